The Morgan fingerprint density at radius 1 is 1.26 bits per heavy atom. The molecule has 1 fully saturated rings. The van der Waals surface area contributed by atoms with Crippen LogP contribution in [0.3, 0.4) is 0 Å². The zero-order chi connectivity index (χ0) is 22.0. The molecule has 1 N–H and O–H groups in total. The van der Waals surface area contributed by atoms with Crippen molar-refractivity contribution >= 4 is 23.5 Å². The van der Waals surface area contributed by atoms with E-state index in [2.05, 4.69) is 31.1 Å². The Morgan fingerprint density at radius 2 is 1.97 bits per heavy atom. The molecule has 0 saturated heterocycles. The van der Waals surface area contributed by atoms with Crippen molar-refractivity contribution in [1.82, 2.24) is 24.3 Å². The lowest BCUT2D eigenvalue weighted by Gasteiger charge is -2.19. The molecule has 9 heteroatoms. The van der Waals surface area contributed by atoms with Gasteiger partial charge >= 0.3 is 0 Å². The van der Waals surface area contributed by atoms with Crippen LogP contribution < -0.4 is 5.32 Å². The minimum Gasteiger partial charge on any atom is -0.327 e. The van der Waals surface area contributed by atoms with Gasteiger partial charge in [-0.3, -0.25) is 9.78 Å². The average molecular weight is 436 g/mol. The van der Waals surface area contributed by atoms with Crippen molar-refractivity contribution in [3.05, 3.63) is 41.3 Å². The first-order valence-electron chi connectivity index (χ1n) is 10.3. The summed E-state index contributed by atoms with van der Waals surface area (Å²) in [6.45, 7) is 3.98. The van der Waals surface area contributed by atoms with Gasteiger partial charge in [0.25, 0.3) is 0 Å². The van der Waals surface area contributed by atoms with Crippen LogP contribution >= 0.6 is 11.8 Å². The molecule has 0 atom stereocenters. The average Bonchev–Trinajstić information content (AvgIpc) is 3.47. The SMILES string of the molecule is Cc1c(C#N)c(NC(=O)CSc2nnc(-c3ccncc3)n2C)n(C2CCCC2)c1C. The molecule has 1 aliphatic rings. The second kappa shape index (κ2) is 8.94. The summed E-state index contributed by atoms with van der Waals surface area (Å²) in [5, 5.41) is 21.8. The van der Waals surface area contributed by atoms with Gasteiger partial charge < -0.3 is 14.5 Å². The lowest BCUT2D eigenvalue weighted by Crippen LogP contribution is -2.20. The van der Waals surface area contributed by atoms with Crippen LogP contribution in [-0.2, 0) is 11.8 Å². The van der Waals surface area contributed by atoms with Crippen molar-refractivity contribution in [2.24, 2.45) is 7.05 Å². The summed E-state index contributed by atoms with van der Waals surface area (Å²) in [7, 11) is 1.88. The Balaban J connectivity index is 1.50. The maximum Gasteiger partial charge on any atom is 0.235 e. The molecule has 4 rings (SSSR count). The number of nitrogens with one attached hydrogen (secondary N) is 1. The highest BCUT2D eigenvalue weighted by Crippen LogP contribution is 2.37. The van der Waals surface area contributed by atoms with E-state index in [0.717, 1.165) is 35.5 Å². The fourth-order valence-electron chi connectivity index (χ4n) is 4.20. The Kier molecular flexibility index (Phi) is 6.09. The van der Waals surface area contributed by atoms with Gasteiger partial charge in [-0.2, -0.15) is 5.26 Å². The number of amides is 1. The molecule has 0 aliphatic heterocycles. The molecule has 3 heterocycles. The zero-order valence-electron chi connectivity index (χ0n) is 17.9. The van der Waals surface area contributed by atoms with Crippen LogP contribution in [0.25, 0.3) is 11.4 Å². The van der Waals surface area contributed by atoms with Crippen LogP contribution in [0.2, 0.25) is 0 Å². The van der Waals surface area contributed by atoms with Gasteiger partial charge in [-0.15, -0.1) is 10.2 Å². The molecule has 0 aromatic carbocycles. The number of aromatic nitrogens is 5. The van der Waals surface area contributed by atoms with Crippen LogP contribution in [0.1, 0.15) is 48.5 Å². The number of hydrogen-bond acceptors (Lipinski definition) is 6. The molecule has 1 amide bonds. The molecule has 8 nitrogen and oxygen atoms in total. The second-order valence-corrected chi connectivity index (χ2v) is 8.73. The van der Waals surface area contributed by atoms with E-state index in [1.165, 1.54) is 24.6 Å². The summed E-state index contributed by atoms with van der Waals surface area (Å²) >= 11 is 1.32. The number of carbonyl (C=O) groups is 1. The highest BCUT2D eigenvalue weighted by molar-refractivity contribution is 7.99. The molecule has 1 aliphatic carbocycles. The van der Waals surface area contributed by atoms with E-state index >= 15 is 0 Å². The van der Waals surface area contributed by atoms with Crippen molar-refractivity contribution in [1.29, 1.82) is 5.26 Å². The van der Waals surface area contributed by atoms with Gasteiger partial charge in [0, 0.05) is 36.7 Å². The largest absolute Gasteiger partial charge is 0.327 e. The van der Waals surface area contributed by atoms with Gasteiger partial charge in [0.1, 0.15) is 11.9 Å². The number of thioether (sulfide) groups is 1. The molecule has 3 aromatic rings. The first-order valence-corrected chi connectivity index (χ1v) is 11.3. The smallest absolute Gasteiger partial charge is 0.235 e. The molecule has 0 bridgehead atoms. The minimum atomic E-state index is -0.160. The Morgan fingerprint density at radius 3 is 2.65 bits per heavy atom. The van der Waals surface area contributed by atoms with Gasteiger partial charge in [-0.1, -0.05) is 24.6 Å². The number of rotatable bonds is 6. The third kappa shape index (κ3) is 4.08. The minimum absolute atomic E-state index is 0.160. The van der Waals surface area contributed by atoms with Gasteiger partial charge in [-0.05, 0) is 44.4 Å². The fraction of sp³-hybridized carbons (Fsp3) is 0.409. The molecule has 0 radical (unpaired) electrons. The maximum absolute atomic E-state index is 12.8. The van der Waals surface area contributed by atoms with Gasteiger partial charge in [0.2, 0.25) is 5.91 Å². The molecule has 3 aromatic heterocycles. The first kappa shape index (κ1) is 21.1. The molecule has 0 unspecified atom stereocenters. The second-order valence-electron chi connectivity index (χ2n) is 7.79. The van der Waals surface area contributed by atoms with Crippen LogP contribution in [0.5, 0.6) is 0 Å². The summed E-state index contributed by atoms with van der Waals surface area (Å²) in [6.07, 6.45) is 7.93. The van der Waals surface area contributed by atoms with Crippen molar-refractivity contribution in [3.63, 3.8) is 0 Å². The third-order valence-electron chi connectivity index (χ3n) is 5.92. The summed E-state index contributed by atoms with van der Waals surface area (Å²) in [5.74, 6) is 1.37. The monoisotopic (exact) mass is 435 g/mol. The molecule has 160 valence electrons. The van der Waals surface area contributed by atoms with E-state index < -0.39 is 0 Å². The van der Waals surface area contributed by atoms with Gasteiger partial charge in [0.15, 0.2) is 11.0 Å². The molecule has 1 saturated carbocycles. The van der Waals surface area contributed by atoms with E-state index in [4.69, 9.17) is 0 Å². The van der Waals surface area contributed by atoms with Gasteiger partial charge in [0.05, 0.1) is 11.3 Å². The van der Waals surface area contributed by atoms with Crippen LogP contribution in [0.15, 0.2) is 29.7 Å². The summed E-state index contributed by atoms with van der Waals surface area (Å²) in [6, 6.07) is 6.37. The Bertz CT molecular complexity index is 1140. The number of pyridine rings is 1. The van der Waals surface area contributed by atoms with Gasteiger partial charge in [-0.25, -0.2) is 0 Å². The van der Waals surface area contributed by atoms with E-state index in [9.17, 15) is 10.1 Å². The molecular weight excluding hydrogens is 410 g/mol. The van der Waals surface area contributed by atoms with E-state index in [0.29, 0.717) is 22.6 Å². The quantitative estimate of drug-likeness (QED) is 0.587. The number of hydrogen-bond donors (Lipinski definition) is 1. The van der Waals surface area contributed by atoms with Crippen molar-refractivity contribution < 1.29 is 4.79 Å². The van der Waals surface area contributed by atoms with Crippen LogP contribution in [-0.4, -0.2) is 36.0 Å². The number of carbonyl (C=O) groups excluding carboxylic acids is 1. The predicted molar refractivity (Wildman–Crippen MR) is 120 cm³/mol. The fourth-order valence-corrected chi connectivity index (χ4v) is 4.91. The Hall–Kier alpha value is -3.12. The molecular formula is C22H25N7OS. The summed E-state index contributed by atoms with van der Waals surface area (Å²) < 4.78 is 4.02. The van der Waals surface area contributed by atoms with Crippen LogP contribution in [0.4, 0.5) is 5.82 Å². The molecule has 0 spiro atoms. The Labute approximate surface area is 185 Å². The summed E-state index contributed by atoms with van der Waals surface area (Å²) in [4.78, 5) is 16.8. The first-order chi connectivity index (χ1) is 15.0. The van der Waals surface area contributed by atoms with Crippen LogP contribution in [0, 0.1) is 25.2 Å². The highest BCUT2D eigenvalue weighted by atomic mass is 32.2. The number of nitriles is 1. The normalized spacial score (nSPS) is 14.0. The number of nitrogens with zero attached hydrogens (tertiary/aromatic N) is 6. The van der Waals surface area contributed by atoms with E-state index in [1.54, 1.807) is 12.4 Å². The zero-order valence-corrected chi connectivity index (χ0v) is 18.7. The summed E-state index contributed by atoms with van der Waals surface area (Å²) in [5.41, 5.74) is 3.47. The molecule has 31 heavy (non-hydrogen) atoms. The predicted octanol–water partition coefficient (Wildman–Crippen LogP) is 4.01. The lowest BCUT2D eigenvalue weighted by molar-refractivity contribution is -0.113. The number of anilines is 1. The lowest BCUT2D eigenvalue weighted by atomic mass is 10.2. The topological polar surface area (TPSA) is 101 Å². The van der Waals surface area contributed by atoms with E-state index in [-0.39, 0.29) is 11.7 Å². The standard InChI is InChI=1S/C22H25N7OS/c1-14-15(2)29(17-6-4-5-7-17)21(18(14)12-23)25-19(30)13-31-22-27-26-20(28(22)3)16-8-10-24-11-9-16/h8-11,17H,4-7,13H2,1-3H3,(H,25,30). The van der Waals surface area contributed by atoms with E-state index in [1.807, 2.05) is 37.6 Å². The third-order valence-corrected chi connectivity index (χ3v) is 6.94. The maximum atomic E-state index is 12.8. The van der Waals surface area contributed by atoms with Crippen molar-refractivity contribution in [2.45, 2.75) is 50.7 Å². The van der Waals surface area contributed by atoms with Crippen molar-refractivity contribution in [3.8, 4) is 17.5 Å². The van der Waals surface area contributed by atoms with Crippen molar-refractivity contribution in [2.75, 3.05) is 11.1 Å². The highest BCUT2D eigenvalue weighted by Gasteiger charge is 2.26.